The number of aromatic hydroxyl groups is 1. The van der Waals surface area contributed by atoms with Crippen LogP contribution in [-0.4, -0.2) is 83.0 Å². The van der Waals surface area contributed by atoms with E-state index in [1.54, 1.807) is 19.0 Å². The summed E-state index contributed by atoms with van der Waals surface area (Å²) in [6, 6.07) is 2.70. The molecule has 200 valence electrons. The van der Waals surface area contributed by atoms with Crippen molar-refractivity contribution in [3.8, 4) is 5.75 Å². The Kier molecular flexibility index (Phi) is 6.56. The number of hydrogen-bond acceptors (Lipinski definition) is 9. The van der Waals surface area contributed by atoms with E-state index in [4.69, 9.17) is 15.3 Å². The molecule has 0 aromatic heterocycles. The van der Waals surface area contributed by atoms with Crippen molar-refractivity contribution in [2.24, 2.45) is 17.6 Å². The molecule has 5 N–H and O–H groups in total. The zero-order valence-corrected chi connectivity index (χ0v) is 21.5. The Morgan fingerprint density at radius 1 is 1.27 bits per heavy atom. The summed E-state index contributed by atoms with van der Waals surface area (Å²) in [5.41, 5.74) is 6.20. The highest BCUT2D eigenvalue weighted by Gasteiger charge is 2.61. The average Bonchev–Trinajstić information content (AvgIpc) is 2.85. The van der Waals surface area contributed by atoms with Gasteiger partial charge in [0.1, 0.15) is 22.9 Å². The van der Waals surface area contributed by atoms with E-state index in [0.29, 0.717) is 26.0 Å². The standard InChI is InChI=1S/C27H35N3O7/c1-29(2)22-18-11-15-10-16-14(13-30-8-4-5-9-37-30)6-7-19(31)21(16)24(33)20(15)25(34)27(18,36-3)12-17(23(22)32)26(28)35/h6-7,15,18,22,31-33H,4-5,8-13H2,1-3H3,(H2,28,35)/t15-,18-,22-,27-/m0/s1. The van der Waals surface area contributed by atoms with E-state index in [0.717, 1.165) is 30.5 Å². The van der Waals surface area contributed by atoms with Gasteiger partial charge < -0.3 is 25.8 Å². The maximum atomic E-state index is 14.2. The number of nitrogens with zero attached hydrogens (tertiary/aromatic N) is 2. The maximum absolute atomic E-state index is 14.2. The molecule has 3 aliphatic carbocycles. The first-order chi connectivity index (χ1) is 17.6. The minimum absolute atomic E-state index is 0.0495. The van der Waals surface area contributed by atoms with Gasteiger partial charge in [-0.1, -0.05) is 6.07 Å². The van der Waals surface area contributed by atoms with E-state index < -0.39 is 29.3 Å². The minimum atomic E-state index is -1.49. The number of hydroxylamine groups is 2. The van der Waals surface area contributed by atoms with Crippen LogP contribution in [0.4, 0.5) is 0 Å². The van der Waals surface area contributed by atoms with Crippen LogP contribution in [0.3, 0.4) is 0 Å². The molecule has 0 radical (unpaired) electrons. The number of phenols is 1. The largest absolute Gasteiger partial charge is 0.510 e. The summed E-state index contributed by atoms with van der Waals surface area (Å²) in [6.45, 7) is 1.95. The molecule has 1 amide bonds. The van der Waals surface area contributed by atoms with Crippen molar-refractivity contribution in [2.45, 2.75) is 50.3 Å². The third kappa shape index (κ3) is 3.94. The Balaban J connectivity index is 1.62. The van der Waals surface area contributed by atoms with E-state index >= 15 is 0 Å². The number of benzene rings is 1. The van der Waals surface area contributed by atoms with Gasteiger partial charge >= 0.3 is 0 Å². The molecule has 0 spiro atoms. The molecule has 2 fully saturated rings. The third-order valence-corrected chi connectivity index (χ3v) is 8.56. The first-order valence-corrected chi connectivity index (χ1v) is 12.7. The minimum Gasteiger partial charge on any atom is -0.510 e. The van der Waals surface area contributed by atoms with Crippen LogP contribution in [0.2, 0.25) is 0 Å². The fraction of sp³-hybridized carbons (Fsp3) is 0.556. The summed E-state index contributed by atoms with van der Waals surface area (Å²) in [7, 11) is 4.94. The van der Waals surface area contributed by atoms with Crippen LogP contribution in [0, 0.1) is 11.8 Å². The molecule has 0 bridgehead atoms. The lowest BCUT2D eigenvalue weighted by Crippen LogP contribution is -2.63. The summed E-state index contributed by atoms with van der Waals surface area (Å²) in [6.07, 6.45) is 2.71. The lowest BCUT2D eigenvalue weighted by molar-refractivity contribution is -0.187. The van der Waals surface area contributed by atoms with Gasteiger partial charge in [0.2, 0.25) is 5.91 Å². The molecule has 1 saturated carbocycles. The number of likely N-dealkylation sites (N-methyl/N-ethyl adjacent to an activating group) is 1. The van der Waals surface area contributed by atoms with Crippen molar-refractivity contribution in [2.75, 3.05) is 34.4 Å². The van der Waals surface area contributed by atoms with Gasteiger partial charge in [-0.3, -0.25) is 19.3 Å². The molecule has 1 aromatic rings. The van der Waals surface area contributed by atoms with Crippen LogP contribution < -0.4 is 5.73 Å². The van der Waals surface area contributed by atoms with Crippen LogP contribution in [0.1, 0.15) is 42.4 Å². The fourth-order valence-corrected chi connectivity index (χ4v) is 6.80. The van der Waals surface area contributed by atoms with Gasteiger partial charge in [0.15, 0.2) is 5.78 Å². The second kappa shape index (κ2) is 9.43. The number of phenolic OH excluding ortho intramolecular Hbond substituents is 1. The zero-order chi connectivity index (χ0) is 26.6. The number of ether oxygens (including phenoxy) is 1. The predicted molar refractivity (Wildman–Crippen MR) is 134 cm³/mol. The topological polar surface area (TPSA) is 146 Å². The van der Waals surface area contributed by atoms with Gasteiger partial charge in [-0.05, 0) is 62.9 Å². The van der Waals surface area contributed by atoms with Crippen LogP contribution in [-0.2, 0) is 32.1 Å². The van der Waals surface area contributed by atoms with Crippen LogP contribution >= 0.6 is 0 Å². The molecular formula is C27H35N3O7. The number of primary amides is 1. The molecule has 1 aliphatic heterocycles. The first kappa shape index (κ1) is 25.7. The summed E-state index contributed by atoms with van der Waals surface area (Å²) >= 11 is 0. The summed E-state index contributed by atoms with van der Waals surface area (Å²) in [5.74, 6) is -2.61. The van der Waals surface area contributed by atoms with Gasteiger partial charge in [-0.2, -0.15) is 5.06 Å². The van der Waals surface area contributed by atoms with Gasteiger partial charge in [-0.15, -0.1) is 0 Å². The lowest BCUT2D eigenvalue weighted by atomic mass is 9.57. The highest BCUT2D eigenvalue weighted by Crippen LogP contribution is 2.54. The van der Waals surface area contributed by atoms with Crippen molar-refractivity contribution in [1.29, 1.82) is 0 Å². The van der Waals surface area contributed by atoms with Crippen LogP contribution in [0.25, 0.3) is 5.76 Å². The van der Waals surface area contributed by atoms with E-state index in [9.17, 15) is 24.9 Å². The molecule has 1 saturated heterocycles. The molecule has 0 unspecified atom stereocenters. The Morgan fingerprint density at radius 3 is 2.65 bits per heavy atom. The number of methoxy groups -OCH3 is 1. The molecule has 4 aliphatic rings. The molecule has 1 aromatic carbocycles. The van der Waals surface area contributed by atoms with Gasteiger partial charge in [0.05, 0.1) is 23.8 Å². The number of carbonyl (C=O) groups is 2. The molecule has 1 heterocycles. The Morgan fingerprint density at radius 2 is 2.03 bits per heavy atom. The van der Waals surface area contributed by atoms with Crippen molar-refractivity contribution in [3.63, 3.8) is 0 Å². The number of aliphatic hydroxyl groups excluding tert-OH is 2. The number of ketones is 1. The second-order valence-electron chi connectivity index (χ2n) is 10.7. The number of rotatable bonds is 5. The number of aliphatic hydroxyl groups is 2. The highest BCUT2D eigenvalue weighted by molar-refractivity contribution is 6.10. The molecule has 10 nitrogen and oxygen atoms in total. The number of carbonyl (C=O) groups excluding carboxylic acids is 2. The monoisotopic (exact) mass is 513 g/mol. The summed E-state index contributed by atoms with van der Waals surface area (Å²) in [4.78, 5) is 34.0. The van der Waals surface area contributed by atoms with E-state index in [1.807, 2.05) is 11.1 Å². The average molecular weight is 514 g/mol. The molecular weight excluding hydrogens is 478 g/mol. The highest BCUT2D eigenvalue weighted by atomic mass is 16.7. The van der Waals surface area contributed by atoms with Crippen LogP contribution in [0.15, 0.2) is 29.0 Å². The van der Waals surface area contributed by atoms with Gasteiger partial charge in [0.25, 0.3) is 0 Å². The molecule has 37 heavy (non-hydrogen) atoms. The third-order valence-electron chi connectivity index (χ3n) is 8.56. The normalized spacial score (nSPS) is 30.3. The van der Waals surface area contributed by atoms with E-state index in [2.05, 4.69) is 0 Å². The predicted octanol–water partition coefficient (Wildman–Crippen LogP) is 1.97. The quantitative estimate of drug-likeness (QED) is 0.464. The Hall–Kier alpha value is -2.92. The van der Waals surface area contributed by atoms with Gasteiger partial charge in [-0.25, -0.2) is 0 Å². The van der Waals surface area contributed by atoms with Crippen molar-refractivity contribution >= 4 is 17.4 Å². The maximum Gasteiger partial charge on any atom is 0.248 e. The SMILES string of the molecule is CO[C@@]12CC(C(N)=O)=C(O)[C@@H](N(C)C)[C@@H]1C[C@@H]1Cc3c(CN4CCCCO4)ccc(O)c3C(O)=C1C2=O. The first-order valence-electron chi connectivity index (χ1n) is 12.7. The number of nitrogens with two attached hydrogens (primary N) is 1. The zero-order valence-electron chi connectivity index (χ0n) is 21.5. The Labute approximate surface area is 215 Å². The molecule has 4 atom stereocenters. The summed E-state index contributed by atoms with van der Waals surface area (Å²) in [5, 5.41) is 35.2. The number of amides is 1. The van der Waals surface area contributed by atoms with Crippen molar-refractivity contribution < 1.29 is 34.5 Å². The fourth-order valence-electron chi connectivity index (χ4n) is 6.80. The van der Waals surface area contributed by atoms with Crippen LogP contribution in [0.5, 0.6) is 5.75 Å². The van der Waals surface area contributed by atoms with E-state index in [1.165, 1.54) is 13.2 Å². The number of hydrogen-bond donors (Lipinski definition) is 4. The number of Topliss-reactive ketones (excluding diaryl/α,β-unsaturated/α-hetero) is 1. The molecule has 10 heteroatoms. The summed E-state index contributed by atoms with van der Waals surface area (Å²) < 4.78 is 5.88. The molecule has 5 rings (SSSR count). The van der Waals surface area contributed by atoms with Gasteiger partial charge in [0, 0.05) is 38.1 Å². The second-order valence-corrected chi connectivity index (χ2v) is 10.7. The van der Waals surface area contributed by atoms with Crippen molar-refractivity contribution in [3.05, 3.63) is 45.7 Å². The van der Waals surface area contributed by atoms with Crippen molar-refractivity contribution in [1.82, 2.24) is 9.96 Å². The smallest absolute Gasteiger partial charge is 0.248 e. The number of fused-ring (bicyclic) bond motifs is 3. The lowest BCUT2D eigenvalue weighted by Gasteiger charge is -2.53. The Bertz CT molecular complexity index is 1200. The van der Waals surface area contributed by atoms with E-state index in [-0.39, 0.29) is 46.3 Å².